The maximum absolute atomic E-state index is 12.6. The summed E-state index contributed by atoms with van der Waals surface area (Å²) < 4.78 is 0. The van der Waals surface area contributed by atoms with Gasteiger partial charge in [-0.1, -0.05) is 30.3 Å². The summed E-state index contributed by atoms with van der Waals surface area (Å²) in [4.78, 5) is 20.1. The molecule has 0 aliphatic heterocycles. The van der Waals surface area contributed by atoms with Crippen LogP contribution in [-0.2, 0) is 12.8 Å². The van der Waals surface area contributed by atoms with Crippen LogP contribution in [0, 0.1) is 0 Å². The van der Waals surface area contributed by atoms with Gasteiger partial charge in [0.1, 0.15) is 5.82 Å². The SMILES string of the molecule is Nc1cc(-c2[nH]c3c(c2Cc2ccccc2)C(=O)CCC3)ccn1. The average molecular weight is 317 g/mol. The summed E-state index contributed by atoms with van der Waals surface area (Å²) in [6.07, 6.45) is 4.90. The summed E-state index contributed by atoms with van der Waals surface area (Å²) in [5.41, 5.74) is 12.0. The second-order valence-corrected chi connectivity index (χ2v) is 6.24. The zero-order chi connectivity index (χ0) is 16.5. The topological polar surface area (TPSA) is 71.8 Å². The van der Waals surface area contributed by atoms with Gasteiger partial charge in [0.05, 0.1) is 5.69 Å². The van der Waals surface area contributed by atoms with Crippen LogP contribution in [0.4, 0.5) is 5.82 Å². The van der Waals surface area contributed by atoms with Gasteiger partial charge in [-0.15, -0.1) is 0 Å². The number of carbonyl (C=O) groups excluding carboxylic acids is 1. The molecular formula is C20H19N3O. The van der Waals surface area contributed by atoms with Crippen molar-refractivity contribution in [2.24, 2.45) is 0 Å². The Morgan fingerprint density at radius 1 is 1.12 bits per heavy atom. The van der Waals surface area contributed by atoms with Gasteiger partial charge in [-0.2, -0.15) is 0 Å². The molecule has 0 fully saturated rings. The maximum Gasteiger partial charge on any atom is 0.165 e. The number of anilines is 1. The van der Waals surface area contributed by atoms with Gasteiger partial charge in [-0.05, 0) is 36.1 Å². The largest absolute Gasteiger partial charge is 0.384 e. The number of fused-ring (bicyclic) bond motifs is 1. The fourth-order valence-electron chi connectivity index (χ4n) is 3.50. The molecule has 2 heterocycles. The first-order chi connectivity index (χ1) is 11.7. The molecule has 4 nitrogen and oxygen atoms in total. The van der Waals surface area contributed by atoms with Crippen LogP contribution in [0.5, 0.6) is 0 Å². The number of benzene rings is 1. The standard InChI is InChI=1S/C20H19N3O/c21-18-12-14(9-10-22-18)20-15(11-13-5-2-1-3-6-13)19-16(23-20)7-4-8-17(19)24/h1-3,5-6,9-10,12,23H,4,7-8,11H2,(H2,21,22). The Bertz CT molecular complexity index is 897. The fraction of sp³-hybridized carbons (Fsp3) is 0.200. The molecule has 0 saturated carbocycles. The Morgan fingerprint density at radius 3 is 2.75 bits per heavy atom. The quantitative estimate of drug-likeness (QED) is 0.772. The predicted octanol–water partition coefficient (Wildman–Crippen LogP) is 3.77. The third kappa shape index (κ3) is 2.60. The van der Waals surface area contributed by atoms with E-state index in [-0.39, 0.29) is 5.78 Å². The minimum Gasteiger partial charge on any atom is -0.384 e. The molecule has 120 valence electrons. The van der Waals surface area contributed by atoms with Crippen molar-refractivity contribution in [3.63, 3.8) is 0 Å². The summed E-state index contributed by atoms with van der Waals surface area (Å²) in [5, 5.41) is 0. The molecule has 1 aliphatic rings. The summed E-state index contributed by atoms with van der Waals surface area (Å²) in [5.74, 6) is 0.726. The number of aryl methyl sites for hydroxylation is 1. The lowest BCUT2D eigenvalue weighted by molar-refractivity contribution is 0.0971. The van der Waals surface area contributed by atoms with Crippen molar-refractivity contribution < 1.29 is 4.79 Å². The molecule has 0 bridgehead atoms. The van der Waals surface area contributed by atoms with Crippen LogP contribution >= 0.6 is 0 Å². The third-order valence-corrected chi connectivity index (χ3v) is 4.58. The number of aromatic amines is 1. The molecule has 1 aliphatic carbocycles. The number of rotatable bonds is 3. The Kier molecular flexibility index (Phi) is 3.65. The van der Waals surface area contributed by atoms with Gasteiger partial charge in [-0.25, -0.2) is 4.98 Å². The number of nitrogens with two attached hydrogens (primary N) is 1. The van der Waals surface area contributed by atoms with Crippen LogP contribution in [-0.4, -0.2) is 15.8 Å². The number of ketones is 1. The molecule has 4 heteroatoms. The van der Waals surface area contributed by atoms with E-state index in [1.54, 1.807) is 6.20 Å². The van der Waals surface area contributed by atoms with Crippen LogP contribution in [0.25, 0.3) is 11.3 Å². The molecule has 0 atom stereocenters. The van der Waals surface area contributed by atoms with Crippen molar-refractivity contribution in [1.29, 1.82) is 0 Å². The molecule has 3 aromatic rings. The van der Waals surface area contributed by atoms with Gasteiger partial charge in [0.2, 0.25) is 0 Å². The molecule has 0 spiro atoms. The Labute approximate surface area is 140 Å². The van der Waals surface area contributed by atoms with Crippen LogP contribution in [0.15, 0.2) is 48.7 Å². The summed E-state index contributed by atoms with van der Waals surface area (Å²) in [6, 6.07) is 14.0. The zero-order valence-corrected chi connectivity index (χ0v) is 13.4. The van der Waals surface area contributed by atoms with E-state index in [0.717, 1.165) is 47.3 Å². The van der Waals surface area contributed by atoms with Crippen molar-refractivity contribution in [2.75, 3.05) is 5.73 Å². The highest BCUT2D eigenvalue weighted by atomic mass is 16.1. The molecule has 2 aromatic heterocycles. The van der Waals surface area contributed by atoms with E-state index < -0.39 is 0 Å². The monoisotopic (exact) mass is 317 g/mol. The Morgan fingerprint density at radius 2 is 1.96 bits per heavy atom. The predicted molar refractivity (Wildman–Crippen MR) is 95.0 cm³/mol. The number of carbonyl (C=O) groups is 1. The lowest BCUT2D eigenvalue weighted by Crippen LogP contribution is -2.11. The number of Topliss-reactive ketones (excluding diaryl/α,β-unsaturated/α-hetero) is 1. The van der Waals surface area contributed by atoms with E-state index in [4.69, 9.17) is 5.73 Å². The molecule has 0 radical (unpaired) electrons. The first-order valence-corrected chi connectivity index (χ1v) is 8.25. The van der Waals surface area contributed by atoms with Crippen LogP contribution in [0.3, 0.4) is 0 Å². The van der Waals surface area contributed by atoms with E-state index in [9.17, 15) is 4.79 Å². The highest BCUT2D eigenvalue weighted by Gasteiger charge is 2.26. The van der Waals surface area contributed by atoms with Crippen molar-refractivity contribution in [3.05, 3.63) is 71.0 Å². The Balaban J connectivity index is 1.88. The summed E-state index contributed by atoms with van der Waals surface area (Å²) >= 11 is 0. The number of pyridine rings is 1. The summed E-state index contributed by atoms with van der Waals surface area (Å²) in [7, 11) is 0. The van der Waals surface area contributed by atoms with Gasteiger partial charge >= 0.3 is 0 Å². The smallest absolute Gasteiger partial charge is 0.165 e. The van der Waals surface area contributed by atoms with Crippen molar-refractivity contribution in [2.45, 2.75) is 25.7 Å². The normalized spacial score (nSPS) is 13.8. The van der Waals surface area contributed by atoms with E-state index >= 15 is 0 Å². The number of nitrogens with one attached hydrogen (secondary N) is 1. The fourth-order valence-corrected chi connectivity index (χ4v) is 3.50. The highest BCUT2D eigenvalue weighted by molar-refractivity contribution is 6.01. The van der Waals surface area contributed by atoms with Crippen LogP contribution < -0.4 is 5.73 Å². The lowest BCUT2D eigenvalue weighted by atomic mass is 9.90. The molecule has 3 N–H and O–H groups in total. The highest BCUT2D eigenvalue weighted by Crippen LogP contribution is 2.34. The van der Waals surface area contributed by atoms with Crippen molar-refractivity contribution in [3.8, 4) is 11.3 Å². The average Bonchev–Trinajstić information content (AvgIpc) is 2.96. The van der Waals surface area contributed by atoms with Crippen molar-refractivity contribution in [1.82, 2.24) is 9.97 Å². The molecular weight excluding hydrogens is 298 g/mol. The first kappa shape index (κ1) is 14.7. The number of hydrogen-bond donors (Lipinski definition) is 2. The molecule has 0 amide bonds. The minimum absolute atomic E-state index is 0.242. The number of aromatic nitrogens is 2. The third-order valence-electron chi connectivity index (χ3n) is 4.58. The van der Waals surface area contributed by atoms with Gasteiger partial charge in [0.15, 0.2) is 5.78 Å². The van der Waals surface area contributed by atoms with Crippen LogP contribution in [0.1, 0.15) is 40.0 Å². The van der Waals surface area contributed by atoms with E-state index in [0.29, 0.717) is 12.2 Å². The minimum atomic E-state index is 0.242. The summed E-state index contributed by atoms with van der Waals surface area (Å²) in [6.45, 7) is 0. The zero-order valence-electron chi connectivity index (χ0n) is 13.4. The molecule has 1 aromatic carbocycles. The number of hydrogen-bond acceptors (Lipinski definition) is 3. The van der Waals surface area contributed by atoms with E-state index in [1.165, 1.54) is 5.56 Å². The van der Waals surface area contributed by atoms with Crippen LogP contribution in [0.2, 0.25) is 0 Å². The number of nitrogens with zero attached hydrogens (tertiary/aromatic N) is 1. The molecule has 4 rings (SSSR count). The maximum atomic E-state index is 12.6. The van der Waals surface area contributed by atoms with Crippen molar-refractivity contribution >= 4 is 11.6 Å². The van der Waals surface area contributed by atoms with Gasteiger partial charge < -0.3 is 10.7 Å². The van der Waals surface area contributed by atoms with Gasteiger partial charge in [0, 0.05) is 35.9 Å². The number of nitrogen functional groups attached to an aromatic ring is 1. The molecule has 0 saturated heterocycles. The van der Waals surface area contributed by atoms with Gasteiger partial charge in [0.25, 0.3) is 0 Å². The van der Waals surface area contributed by atoms with Gasteiger partial charge in [-0.3, -0.25) is 4.79 Å². The van der Waals surface area contributed by atoms with E-state index in [2.05, 4.69) is 22.1 Å². The first-order valence-electron chi connectivity index (χ1n) is 8.25. The number of H-pyrrole nitrogens is 1. The molecule has 24 heavy (non-hydrogen) atoms. The van der Waals surface area contributed by atoms with E-state index in [1.807, 2.05) is 30.3 Å². The second kappa shape index (κ2) is 5.96. The Hall–Kier alpha value is -2.88. The molecule has 0 unspecified atom stereocenters. The lowest BCUT2D eigenvalue weighted by Gasteiger charge is -2.12. The second-order valence-electron chi connectivity index (χ2n) is 6.24.